The van der Waals surface area contributed by atoms with E-state index in [1.807, 2.05) is 6.07 Å². The van der Waals surface area contributed by atoms with Crippen molar-refractivity contribution in [2.45, 2.75) is 23.6 Å². The van der Waals surface area contributed by atoms with Gasteiger partial charge in [-0.15, -0.1) is 11.8 Å². The van der Waals surface area contributed by atoms with Gasteiger partial charge in [-0.05, 0) is 30.3 Å². The molecule has 0 fully saturated rings. The molecule has 0 saturated carbocycles. The molecule has 7 nitrogen and oxygen atoms in total. The van der Waals surface area contributed by atoms with Gasteiger partial charge >= 0.3 is 0 Å². The second-order valence-electron chi connectivity index (χ2n) is 6.40. The van der Waals surface area contributed by atoms with Gasteiger partial charge < -0.3 is 10.2 Å². The van der Waals surface area contributed by atoms with Crippen molar-refractivity contribution >= 4 is 45.0 Å². The molecule has 0 radical (unpaired) electrons. The van der Waals surface area contributed by atoms with Gasteiger partial charge in [0.25, 0.3) is 0 Å². The molecule has 1 aliphatic heterocycles. The third kappa shape index (κ3) is 4.63. The van der Waals surface area contributed by atoms with Crippen LogP contribution in [0.4, 0.5) is 11.4 Å². The smallest absolute Gasteiger partial charge is 0.244 e. The van der Waals surface area contributed by atoms with Crippen molar-refractivity contribution in [2.75, 3.05) is 35.6 Å². The number of sulfonamides is 1. The third-order valence-corrected chi connectivity index (χ3v) is 7.67. The van der Waals surface area contributed by atoms with Crippen LogP contribution in [0.3, 0.4) is 0 Å². The number of carbonyl (C=O) groups is 2. The molecule has 1 N–H and O–H groups in total. The predicted octanol–water partition coefficient (Wildman–Crippen LogP) is 2.79. The van der Waals surface area contributed by atoms with Crippen molar-refractivity contribution in [3.63, 3.8) is 0 Å². The second-order valence-corrected chi connectivity index (χ2v) is 9.36. The van der Waals surface area contributed by atoms with Gasteiger partial charge in [-0.25, -0.2) is 8.42 Å². The van der Waals surface area contributed by atoms with E-state index in [-0.39, 0.29) is 29.0 Å². The van der Waals surface area contributed by atoms with Crippen molar-refractivity contribution in [1.82, 2.24) is 4.31 Å². The molecule has 0 bridgehead atoms. The van der Waals surface area contributed by atoms with Crippen LogP contribution < -0.4 is 10.2 Å². The van der Waals surface area contributed by atoms with E-state index < -0.39 is 10.0 Å². The minimum Gasteiger partial charge on any atom is -0.325 e. The van der Waals surface area contributed by atoms with E-state index in [4.69, 9.17) is 0 Å². The molecule has 0 aliphatic carbocycles. The number of thioether (sulfide) groups is 1. The fourth-order valence-electron chi connectivity index (χ4n) is 3.09. The molecule has 0 unspecified atom stereocenters. The van der Waals surface area contributed by atoms with E-state index in [1.165, 1.54) is 27.0 Å². The number of benzene rings is 2. The number of amides is 2. The summed E-state index contributed by atoms with van der Waals surface area (Å²) in [6.07, 6.45) is 0. The molecule has 9 heteroatoms. The highest BCUT2D eigenvalue weighted by molar-refractivity contribution is 8.00. The van der Waals surface area contributed by atoms with Crippen LogP contribution in [0.25, 0.3) is 0 Å². The minimum atomic E-state index is -3.67. The lowest BCUT2D eigenvalue weighted by Crippen LogP contribution is -2.41. The summed E-state index contributed by atoms with van der Waals surface area (Å²) in [7, 11) is -3.67. The summed E-state index contributed by atoms with van der Waals surface area (Å²) < 4.78 is 27.1. The van der Waals surface area contributed by atoms with E-state index in [9.17, 15) is 18.0 Å². The zero-order valence-corrected chi connectivity index (χ0v) is 17.9. The molecule has 0 aromatic heterocycles. The highest BCUT2D eigenvalue weighted by atomic mass is 32.2. The van der Waals surface area contributed by atoms with Crippen molar-refractivity contribution in [3.8, 4) is 0 Å². The summed E-state index contributed by atoms with van der Waals surface area (Å²) in [5.41, 5.74) is 1.08. The molecular weight excluding hydrogens is 410 g/mol. The standard InChI is InChI=1S/C20H23N3O4S2/c1-3-22(4-2)29(26,27)16-10-11-18-17(12-16)23(20(25)14-28-18)13-19(24)21-15-8-6-5-7-9-15/h5-12H,3-4,13-14H2,1-2H3,(H,21,24). The maximum atomic E-state index is 12.9. The van der Waals surface area contributed by atoms with Crippen LogP contribution in [0.2, 0.25) is 0 Å². The number of fused-ring (bicyclic) bond motifs is 1. The summed E-state index contributed by atoms with van der Waals surface area (Å²) in [5, 5.41) is 2.76. The Morgan fingerprint density at radius 2 is 1.83 bits per heavy atom. The SMILES string of the molecule is CCN(CC)S(=O)(=O)c1ccc2c(c1)N(CC(=O)Nc1ccccc1)C(=O)CS2. The first-order valence-electron chi connectivity index (χ1n) is 9.29. The molecule has 0 spiro atoms. The van der Waals surface area contributed by atoms with Crippen molar-refractivity contribution < 1.29 is 18.0 Å². The number of rotatable bonds is 7. The van der Waals surface area contributed by atoms with Gasteiger partial charge in [0.1, 0.15) is 6.54 Å². The Kier molecular flexibility index (Phi) is 6.61. The Morgan fingerprint density at radius 3 is 2.48 bits per heavy atom. The molecule has 1 aliphatic rings. The van der Waals surface area contributed by atoms with Gasteiger partial charge in [0.2, 0.25) is 21.8 Å². The largest absolute Gasteiger partial charge is 0.325 e. The van der Waals surface area contributed by atoms with E-state index in [1.54, 1.807) is 50.2 Å². The number of hydrogen-bond acceptors (Lipinski definition) is 5. The van der Waals surface area contributed by atoms with Crippen molar-refractivity contribution in [2.24, 2.45) is 0 Å². The summed E-state index contributed by atoms with van der Waals surface area (Å²) in [6.45, 7) is 4.08. The molecule has 3 rings (SSSR count). The number of carbonyl (C=O) groups excluding carboxylic acids is 2. The van der Waals surface area contributed by atoms with Crippen LogP contribution in [0.1, 0.15) is 13.8 Å². The van der Waals surface area contributed by atoms with Gasteiger partial charge in [0.05, 0.1) is 16.3 Å². The zero-order chi connectivity index (χ0) is 21.0. The fraction of sp³-hybridized carbons (Fsp3) is 0.300. The quantitative estimate of drug-likeness (QED) is 0.726. The Hall–Kier alpha value is -2.36. The lowest BCUT2D eigenvalue weighted by molar-refractivity contribution is -0.120. The molecule has 154 valence electrons. The van der Waals surface area contributed by atoms with Crippen LogP contribution in [0.15, 0.2) is 58.3 Å². The third-order valence-electron chi connectivity index (χ3n) is 4.58. The van der Waals surface area contributed by atoms with E-state index in [2.05, 4.69) is 5.32 Å². The van der Waals surface area contributed by atoms with Gasteiger partial charge in [-0.2, -0.15) is 4.31 Å². The zero-order valence-electron chi connectivity index (χ0n) is 16.3. The molecule has 2 aromatic carbocycles. The van der Waals surface area contributed by atoms with Gasteiger partial charge in [0.15, 0.2) is 0 Å². The number of hydrogen-bond donors (Lipinski definition) is 1. The fourth-order valence-corrected chi connectivity index (χ4v) is 5.49. The first kappa shape index (κ1) is 21.4. The maximum absolute atomic E-state index is 12.9. The first-order valence-corrected chi connectivity index (χ1v) is 11.7. The highest BCUT2D eigenvalue weighted by Crippen LogP contribution is 2.37. The maximum Gasteiger partial charge on any atom is 0.244 e. The molecule has 1 heterocycles. The van der Waals surface area contributed by atoms with Crippen LogP contribution >= 0.6 is 11.8 Å². The van der Waals surface area contributed by atoms with Crippen molar-refractivity contribution in [3.05, 3.63) is 48.5 Å². The Balaban J connectivity index is 1.89. The van der Waals surface area contributed by atoms with Crippen LogP contribution in [-0.4, -0.2) is 49.9 Å². The van der Waals surface area contributed by atoms with E-state index >= 15 is 0 Å². The summed E-state index contributed by atoms with van der Waals surface area (Å²) >= 11 is 1.34. The van der Waals surface area contributed by atoms with E-state index in [0.29, 0.717) is 24.5 Å². The normalized spacial score (nSPS) is 14.0. The van der Waals surface area contributed by atoms with Crippen LogP contribution in [0.5, 0.6) is 0 Å². The second kappa shape index (κ2) is 8.98. The average molecular weight is 434 g/mol. The highest BCUT2D eigenvalue weighted by Gasteiger charge is 2.30. The molecule has 0 atom stereocenters. The molecule has 2 amide bonds. The lowest BCUT2D eigenvalue weighted by atomic mass is 10.2. The Morgan fingerprint density at radius 1 is 1.14 bits per heavy atom. The van der Waals surface area contributed by atoms with Crippen molar-refractivity contribution in [1.29, 1.82) is 0 Å². The summed E-state index contributed by atoms with van der Waals surface area (Å²) in [4.78, 5) is 27.2. The average Bonchev–Trinajstić information content (AvgIpc) is 2.71. The van der Waals surface area contributed by atoms with Crippen LogP contribution in [-0.2, 0) is 19.6 Å². The Bertz CT molecular complexity index is 1010. The predicted molar refractivity (Wildman–Crippen MR) is 115 cm³/mol. The summed E-state index contributed by atoms with van der Waals surface area (Å²) in [6, 6.07) is 13.7. The van der Waals surface area contributed by atoms with Gasteiger partial charge in [-0.3, -0.25) is 9.59 Å². The van der Waals surface area contributed by atoms with E-state index in [0.717, 1.165) is 4.90 Å². The lowest BCUT2D eigenvalue weighted by Gasteiger charge is -2.29. The van der Waals surface area contributed by atoms with Gasteiger partial charge in [0, 0.05) is 23.7 Å². The Labute approximate surface area is 175 Å². The first-order chi connectivity index (χ1) is 13.9. The number of anilines is 2. The number of nitrogens with one attached hydrogen (secondary N) is 1. The van der Waals surface area contributed by atoms with Gasteiger partial charge in [-0.1, -0.05) is 32.0 Å². The number of nitrogens with zero attached hydrogens (tertiary/aromatic N) is 2. The molecule has 0 saturated heterocycles. The van der Waals surface area contributed by atoms with Crippen LogP contribution in [0, 0.1) is 0 Å². The monoisotopic (exact) mass is 433 g/mol. The minimum absolute atomic E-state index is 0.115. The molecule has 29 heavy (non-hydrogen) atoms. The number of para-hydroxylation sites is 1. The summed E-state index contributed by atoms with van der Waals surface area (Å²) in [5.74, 6) is -0.379. The topological polar surface area (TPSA) is 86.8 Å². The molecule has 2 aromatic rings. The molecular formula is C20H23N3O4S2.